The van der Waals surface area contributed by atoms with Crippen molar-refractivity contribution in [1.82, 2.24) is 30.0 Å². The number of ether oxygens (including phenoxy) is 2. The van der Waals surface area contributed by atoms with E-state index in [2.05, 4.69) is 20.4 Å². The second-order valence-corrected chi connectivity index (χ2v) is 7.37. The topological polar surface area (TPSA) is 104 Å². The molecule has 3 heterocycles. The number of carbonyl (C=O) groups is 1. The number of likely N-dealkylation sites (N-methyl/N-ethyl adjacent to an activating group) is 1. The van der Waals surface area contributed by atoms with Crippen LogP contribution < -0.4 is 14.8 Å². The first kappa shape index (κ1) is 21.9. The van der Waals surface area contributed by atoms with Crippen LogP contribution in [-0.2, 0) is 11.8 Å². The second kappa shape index (κ2) is 9.07. The maximum absolute atomic E-state index is 12.4. The number of pyridine rings is 1. The first-order valence-electron chi connectivity index (χ1n) is 10.2. The molecule has 0 aliphatic rings. The van der Waals surface area contributed by atoms with Crippen molar-refractivity contribution in [1.29, 1.82) is 0 Å². The van der Waals surface area contributed by atoms with Crippen molar-refractivity contribution in [3.63, 3.8) is 0 Å². The third-order valence-corrected chi connectivity index (χ3v) is 5.28. The van der Waals surface area contributed by atoms with Gasteiger partial charge in [-0.3, -0.25) is 14.5 Å². The van der Waals surface area contributed by atoms with Crippen molar-refractivity contribution in [2.75, 3.05) is 21.3 Å². The summed E-state index contributed by atoms with van der Waals surface area (Å²) in [5, 5.41) is 6.83. The van der Waals surface area contributed by atoms with E-state index in [1.807, 2.05) is 38.4 Å². The summed E-state index contributed by atoms with van der Waals surface area (Å²) in [4.78, 5) is 26.3. The van der Waals surface area contributed by atoms with E-state index in [4.69, 9.17) is 14.5 Å². The van der Waals surface area contributed by atoms with Gasteiger partial charge in [0.05, 0.1) is 38.0 Å². The van der Waals surface area contributed by atoms with Gasteiger partial charge in [0, 0.05) is 43.6 Å². The minimum atomic E-state index is -0.261. The number of hydrogen-bond acceptors (Lipinski definition) is 7. The highest BCUT2D eigenvalue weighted by Crippen LogP contribution is 2.35. The lowest BCUT2D eigenvalue weighted by molar-refractivity contribution is -0.116. The molecule has 0 unspecified atom stereocenters. The number of nitrogens with zero attached hydrogens (tertiary/aromatic N) is 5. The van der Waals surface area contributed by atoms with Gasteiger partial charge in [0.2, 0.25) is 5.91 Å². The monoisotopic (exact) mass is 444 g/mol. The Morgan fingerprint density at radius 3 is 2.61 bits per heavy atom. The van der Waals surface area contributed by atoms with Crippen molar-refractivity contribution in [3.05, 3.63) is 65.8 Å². The van der Waals surface area contributed by atoms with Crippen molar-refractivity contribution < 1.29 is 14.3 Å². The summed E-state index contributed by atoms with van der Waals surface area (Å²) in [5.41, 5.74) is 5.41. The zero-order valence-electron chi connectivity index (χ0n) is 19.1. The van der Waals surface area contributed by atoms with E-state index in [-0.39, 0.29) is 5.91 Å². The molecule has 3 aromatic heterocycles. The summed E-state index contributed by atoms with van der Waals surface area (Å²) < 4.78 is 12.7. The molecule has 0 fully saturated rings. The number of carbonyl (C=O) groups excluding carboxylic acids is 1. The predicted octanol–water partition coefficient (Wildman–Crippen LogP) is 2.93. The number of fused-ring (bicyclic) bond motifs is 1. The van der Waals surface area contributed by atoms with E-state index in [9.17, 15) is 4.79 Å². The van der Waals surface area contributed by atoms with Crippen LogP contribution in [0.4, 0.5) is 0 Å². The largest absolute Gasteiger partial charge is 0.497 e. The number of methoxy groups -OCH3 is 2. The molecule has 4 aromatic rings. The van der Waals surface area contributed by atoms with E-state index < -0.39 is 0 Å². The van der Waals surface area contributed by atoms with Gasteiger partial charge in [0.1, 0.15) is 17.0 Å². The van der Waals surface area contributed by atoms with Crippen LogP contribution in [0.2, 0.25) is 0 Å². The van der Waals surface area contributed by atoms with Gasteiger partial charge in [-0.25, -0.2) is 9.97 Å². The Morgan fingerprint density at radius 2 is 1.94 bits per heavy atom. The molecule has 1 N–H and O–H groups in total. The Bertz CT molecular complexity index is 1380. The van der Waals surface area contributed by atoms with Gasteiger partial charge in [0.25, 0.3) is 0 Å². The molecule has 1 amide bonds. The fourth-order valence-electron chi connectivity index (χ4n) is 3.51. The van der Waals surface area contributed by atoms with Crippen LogP contribution in [0.5, 0.6) is 11.5 Å². The minimum Gasteiger partial charge on any atom is -0.497 e. The first-order valence-corrected chi connectivity index (χ1v) is 10.2. The molecule has 0 saturated carbocycles. The van der Waals surface area contributed by atoms with Gasteiger partial charge in [-0.1, -0.05) is 0 Å². The second-order valence-electron chi connectivity index (χ2n) is 7.37. The van der Waals surface area contributed by atoms with Crippen LogP contribution in [-0.4, -0.2) is 51.9 Å². The number of amides is 1. The lowest BCUT2D eigenvalue weighted by atomic mass is 9.95. The number of rotatable bonds is 6. The average molecular weight is 444 g/mol. The predicted molar refractivity (Wildman–Crippen MR) is 125 cm³/mol. The molecule has 0 spiro atoms. The lowest BCUT2D eigenvalue weighted by Crippen LogP contribution is -2.15. The third-order valence-electron chi connectivity index (χ3n) is 5.28. The van der Waals surface area contributed by atoms with Crippen LogP contribution in [0, 0.1) is 6.92 Å². The molecule has 0 atom stereocenters. The van der Waals surface area contributed by atoms with Gasteiger partial charge >= 0.3 is 0 Å². The molecule has 0 saturated heterocycles. The van der Waals surface area contributed by atoms with Crippen molar-refractivity contribution >= 4 is 22.6 Å². The fraction of sp³-hybridized carbons (Fsp3) is 0.208. The van der Waals surface area contributed by atoms with Crippen LogP contribution in [0.15, 0.2) is 48.9 Å². The Hall–Kier alpha value is -4.27. The van der Waals surface area contributed by atoms with E-state index in [1.54, 1.807) is 44.4 Å². The van der Waals surface area contributed by atoms with Crippen molar-refractivity contribution in [2.45, 2.75) is 6.92 Å². The molecule has 0 aliphatic heterocycles. The van der Waals surface area contributed by atoms with E-state index in [1.165, 1.54) is 6.08 Å². The number of aryl methyl sites for hydroxylation is 1. The summed E-state index contributed by atoms with van der Waals surface area (Å²) >= 11 is 0. The molecule has 0 radical (unpaired) electrons. The maximum atomic E-state index is 12.4. The average Bonchev–Trinajstić information content (AvgIpc) is 3.28. The standard InChI is InChI=1S/C24H24N6O3/c1-14-17(8-16(32-4)9-22(14)33-5)18(10-23(31)25-2)19-6-7-20-24(28-19)29-21(12-26-20)15-11-27-30(3)13-15/h6-13H,1-5H3,(H,25,31). The summed E-state index contributed by atoms with van der Waals surface area (Å²) in [6.45, 7) is 1.92. The first-order chi connectivity index (χ1) is 15.9. The Morgan fingerprint density at radius 1 is 1.12 bits per heavy atom. The number of hydrogen-bond donors (Lipinski definition) is 1. The maximum Gasteiger partial charge on any atom is 0.244 e. The van der Waals surface area contributed by atoms with E-state index >= 15 is 0 Å². The van der Waals surface area contributed by atoms with E-state index in [0.29, 0.717) is 39.6 Å². The van der Waals surface area contributed by atoms with Crippen LogP contribution in [0.25, 0.3) is 28.0 Å². The molecule has 9 heteroatoms. The lowest BCUT2D eigenvalue weighted by Gasteiger charge is -2.16. The highest BCUT2D eigenvalue weighted by Gasteiger charge is 2.17. The summed E-state index contributed by atoms with van der Waals surface area (Å²) in [5.74, 6) is 0.990. The number of aromatic nitrogens is 5. The fourth-order valence-corrected chi connectivity index (χ4v) is 3.51. The molecule has 168 valence electrons. The van der Waals surface area contributed by atoms with Crippen LogP contribution >= 0.6 is 0 Å². The quantitative estimate of drug-likeness (QED) is 0.456. The SMILES string of the molecule is CNC(=O)C=C(c1ccc2ncc(-c3cnn(C)c3)nc2n1)c1cc(OC)cc(OC)c1C. The summed E-state index contributed by atoms with van der Waals surface area (Å²) in [6.07, 6.45) is 6.79. The molecule has 1 aromatic carbocycles. The van der Waals surface area contributed by atoms with Gasteiger partial charge in [-0.2, -0.15) is 5.10 Å². The number of benzene rings is 1. The normalized spacial score (nSPS) is 11.5. The highest BCUT2D eigenvalue weighted by molar-refractivity contribution is 5.99. The molecule has 9 nitrogen and oxygen atoms in total. The summed E-state index contributed by atoms with van der Waals surface area (Å²) in [6, 6.07) is 7.31. The smallest absolute Gasteiger partial charge is 0.244 e. The van der Waals surface area contributed by atoms with Crippen molar-refractivity contribution in [2.24, 2.45) is 7.05 Å². The molecule has 0 bridgehead atoms. The van der Waals surface area contributed by atoms with Crippen LogP contribution in [0.3, 0.4) is 0 Å². The van der Waals surface area contributed by atoms with Gasteiger partial charge in [-0.15, -0.1) is 0 Å². The van der Waals surface area contributed by atoms with Gasteiger partial charge in [-0.05, 0) is 36.2 Å². The Balaban J connectivity index is 1.90. The highest BCUT2D eigenvalue weighted by atomic mass is 16.5. The van der Waals surface area contributed by atoms with Crippen molar-refractivity contribution in [3.8, 4) is 22.8 Å². The van der Waals surface area contributed by atoms with Gasteiger partial charge in [0.15, 0.2) is 5.65 Å². The Kier molecular flexibility index (Phi) is 6.03. The molecular weight excluding hydrogens is 420 g/mol. The Labute approximate surface area is 191 Å². The van der Waals surface area contributed by atoms with Crippen LogP contribution in [0.1, 0.15) is 16.8 Å². The van der Waals surface area contributed by atoms with Gasteiger partial charge < -0.3 is 14.8 Å². The summed E-state index contributed by atoms with van der Waals surface area (Å²) in [7, 11) is 6.60. The zero-order chi connectivity index (χ0) is 23.5. The minimum absolute atomic E-state index is 0.261. The number of nitrogens with one attached hydrogen (secondary N) is 1. The van der Waals surface area contributed by atoms with E-state index in [0.717, 1.165) is 16.7 Å². The molecular formula is C24H24N6O3. The molecule has 4 rings (SSSR count). The zero-order valence-corrected chi connectivity index (χ0v) is 19.1. The molecule has 0 aliphatic carbocycles. The molecule has 33 heavy (non-hydrogen) atoms. The third kappa shape index (κ3) is 4.38.